The highest BCUT2D eigenvalue weighted by molar-refractivity contribution is 5.87. The Morgan fingerprint density at radius 3 is 2.50 bits per heavy atom. The Bertz CT molecular complexity index is 462. The van der Waals surface area contributed by atoms with Gasteiger partial charge >= 0.3 is 5.97 Å². The molecule has 1 aromatic rings. The van der Waals surface area contributed by atoms with Crippen LogP contribution in [0, 0.1) is 11.3 Å². The summed E-state index contributed by atoms with van der Waals surface area (Å²) in [5.41, 5.74) is 1.71. The predicted molar refractivity (Wildman–Crippen MR) is 78.8 cm³/mol. The van der Waals surface area contributed by atoms with E-state index in [1.54, 1.807) is 12.1 Å². The van der Waals surface area contributed by atoms with Gasteiger partial charge in [-0.1, -0.05) is 32.9 Å². The average Bonchev–Trinajstić information content (AvgIpc) is 2.34. The summed E-state index contributed by atoms with van der Waals surface area (Å²) in [6, 6.07) is 6.94. The number of ether oxygens (including phenoxy) is 1. The van der Waals surface area contributed by atoms with Crippen LogP contribution >= 0.6 is 0 Å². The second-order valence-electron chi connectivity index (χ2n) is 6.85. The second kappa shape index (κ2) is 5.96. The van der Waals surface area contributed by atoms with Gasteiger partial charge in [-0.2, -0.15) is 0 Å². The van der Waals surface area contributed by atoms with Crippen molar-refractivity contribution in [3.8, 4) is 0 Å². The number of rotatable bonds is 4. The molecule has 2 unspecified atom stereocenters. The third-order valence-electron chi connectivity index (χ3n) is 4.03. The first-order chi connectivity index (χ1) is 9.35. The maximum atomic E-state index is 10.8. The predicted octanol–water partition coefficient (Wildman–Crippen LogP) is 4.12. The van der Waals surface area contributed by atoms with E-state index in [0.29, 0.717) is 29.6 Å². The van der Waals surface area contributed by atoms with Crippen LogP contribution in [-0.2, 0) is 11.3 Å². The van der Waals surface area contributed by atoms with E-state index in [0.717, 1.165) is 18.4 Å². The summed E-state index contributed by atoms with van der Waals surface area (Å²) < 4.78 is 6.03. The van der Waals surface area contributed by atoms with E-state index < -0.39 is 5.97 Å². The molecule has 0 radical (unpaired) electrons. The van der Waals surface area contributed by atoms with Gasteiger partial charge in [-0.15, -0.1) is 0 Å². The molecule has 1 fully saturated rings. The number of hydrogen-bond donors (Lipinski definition) is 1. The zero-order valence-electron chi connectivity index (χ0n) is 12.6. The van der Waals surface area contributed by atoms with E-state index in [9.17, 15) is 4.79 Å². The molecule has 1 aromatic carbocycles. The summed E-state index contributed by atoms with van der Waals surface area (Å²) in [4.78, 5) is 10.8. The molecule has 0 amide bonds. The molecule has 110 valence electrons. The molecule has 2 rings (SSSR count). The van der Waals surface area contributed by atoms with Gasteiger partial charge in [0, 0.05) is 0 Å². The molecule has 0 bridgehead atoms. The fraction of sp³-hybridized carbons (Fsp3) is 0.588. The van der Waals surface area contributed by atoms with Gasteiger partial charge in [0.05, 0.1) is 18.3 Å². The third-order valence-corrected chi connectivity index (χ3v) is 4.03. The summed E-state index contributed by atoms with van der Waals surface area (Å²) in [5, 5.41) is 8.86. The van der Waals surface area contributed by atoms with Crippen LogP contribution < -0.4 is 0 Å². The molecule has 0 aromatic heterocycles. The SMILES string of the molecule is CC1CC(OCc2ccc(C(=O)O)cc2)CC(C)(C)C1. The van der Waals surface area contributed by atoms with Crippen molar-refractivity contribution in [2.45, 2.75) is 52.7 Å². The van der Waals surface area contributed by atoms with E-state index >= 15 is 0 Å². The summed E-state index contributed by atoms with van der Waals surface area (Å²) in [7, 11) is 0. The van der Waals surface area contributed by atoms with Crippen LogP contribution in [0.5, 0.6) is 0 Å². The molecule has 1 aliphatic carbocycles. The molecule has 3 heteroatoms. The van der Waals surface area contributed by atoms with Gasteiger partial charge in [-0.3, -0.25) is 0 Å². The molecule has 20 heavy (non-hydrogen) atoms. The largest absolute Gasteiger partial charge is 0.478 e. The maximum Gasteiger partial charge on any atom is 0.335 e. The minimum absolute atomic E-state index is 0.313. The Balaban J connectivity index is 1.90. The van der Waals surface area contributed by atoms with Crippen molar-refractivity contribution in [3.05, 3.63) is 35.4 Å². The summed E-state index contributed by atoms with van der Waals surface area (Å²) >= 11 is 0. The zero-order valence-corrected chi connectivity index (χ0v) is 12.6. The van der Waals surface area contributed by atoms with Crippen LogP contribution in [0.15, 0.2) is 24.3 Å². The monoisotopic (exact) mass is 276 g/mol. The van der Waals surface area contributed by atoms with Gasteiger partial charge in [0.1, 0.15) is 0 Å². The molecular formula is C17H24O3. The first-order valence-electron chi connectivity index (χ1n) is 7.29. The lowest BCUT2D eigenvalue weighted by Gasteiger charge is -2.38. The molecule has 1 N–H and O–H groups in total. The number of carboxylic acid groups (broad SMARTS) is 1. The van der Waals surface area contributed by atoms with E-state index in [1.807, 2.05) is 12.1 Å². The van der Waals surface area contributed by atoms with Crippen molar-refractivity contribution in [2.75, 3.05) is 0 Å². The van der Waals surface area contributed by atoms with E-state index in [4.69, 9.17) is 9.84 Å². The molecule has 0 spiro atoms. The highest BCUT2D eigenvalue weighted by atomic mass is 16.5. The molecule has 1 aliphatic rings. The Morgan fingerprint density at radius 1 is 1.30 bits per heavy atom. The Kier molecular flexibility index (Phi) is 4.48. The first-order valence-corrected chi connectivity index (χ1v) is 7.29. The average molecular weight is 276 g/mol. The van der Waals surface area contributed by atoms with Crippen molar-refractivity contribution in [2.24, 2.45) is 11.3 Å². The Morgan fingerprint density at radius 2 is 1.95 bits per heavy atom. The van der Waals surface area contributed by atoms with Crippen molar-refractivity contribution in [1.29, 1.82) is 0 Å². The standard InChI is InChI=1S/C17H24O3/c1-12-8-15(10-17(2,3)9-12)20-11-13-4-6-14(7-5-13)16(18)19/h4-7,12,15H,8-11H2,1-3H3,(H,18,19). The minimum atomic E-state index is -0.889. The number of hydrogen-bond acceptors (Lipinski definition) is 2. The molecule has 0 aliphatic heterocycles. The lowest BCUT2D eigenvalue weighted by Crippen LogP contribution is -2.32. The van der Waals surface area contributed by atoms with Crippen LogP contribution in [0.1, 0.15) is 56.0 Å². The summed E-state index contributed by atoms with van der Waals surface area (Å²) in [6.07, 6.45) is 3.80. The maximum absolute atomic E-state index is 10.8. The van der Waals surface area contributed by atoms with Gasteiger partial charge < -0.3 is 9.84 Å². The van der Waals surface area contributed by atoms with Gasteiger partial charge in [0.2, 0.25) is 0 Å². The normalized spacial score (nSPS) is 25.4. The zero-order chi connectivity index (χ0) is 14.8. The first kappa shape index (κ1) is 15.0. The highest BCUT2D eigenvalue weighted by Crippen LogP contribution is 2.39. The van der Waals surface area contributed by atoms with Crippen LogP contribution in [0.3, 0.4) is 0 Å². The smallest absolute Gasteiger partial charge is 0.335 e. The molecule has 0 saturated heterocycles. The molecule has 0 heterocycles. The van der Waals surface area contributed by atoms with Crippen LogP contribution in [0.2, 0.25) is 0 Å². The topological polar surface area (TPSA) is 46.5 Å². The number of benzene rings is 1. The molecule has 3 nitrogen and oxygen atoms in total. The third kappa shape index (κ3) is 4.07. The van der Waals surface area contributed by atoms with Crippen LogP contribution in [0.4, 0.5) is 0 Å². The van der Waals surface area contributed by atoms with E-state index in [1.165, 1.54) is 6.42 Å². The molecular weight excluding hydrogens is 252 g/mol. The van der Waals surface area contributed by atoms with E-state index in [2.05, 4.69) is 20.8 Å². The lowest BCUT2D eigenvalue weighted by molar-refractivity contribution is -0.0316. The summed E-state index contributed by atoms with van der Waals surface area (Å²) in [5.74, 6) is -0.182. The second-order valence-corrected chi connectivity index (χ2v) is 6.85. The van der Waals surface area contributed by atoms with E-state index in [-0.39, 0.29) is 0 Å². The van der Waals surface area contributed by atoms with Crippen LogP contribution in [-0.4, -0.2) is 17.2 Å². The van der Waals surface area contributed by atoms with Gasteiger partial charge in [0.15, 0.2) is 0 Å². The molecule has 1 saturated carbocycles. The van der Waals surface area contributed by atoms with Crippen molar-refractivity contribution in [1.82, 2.24) is 0 Å². The van der Waals surface area contributed by atoms with Crippen LogP contribution in [0.25, 0.3) is 0 Å². The minimum Gasteiger partial charge on any atom is -0.478 e. The van der Waals surface area contributed by atoms with Crippen molar-refractivity contribution >= 4 is 5.97 Å². The van der Waals surface area contributed by atoms with Gasteiger partial charge in [0.25, 0.3) is 0 Å². The summed E-state index contributed by atoms with van der Waals surface area (Å²) in [6.45, 7) is 7.47. The fourth-order valence-corrected chi connectivity index (χ4v) is 3.34. The highest BCUT2D eigenvalue weighted by Gasteiger charge is 2.32. The van der Waals surface area contributed by atoms with Crippen molar-refractivity contribution < 1.29 is 14.6 Å². The Hall–Kier alpha value is -1.35. The lowest BCUT2D eigenvalue weighted by atomic mass is 9.71. The number of carbonyl (C=O) groups is 1. The van der Waals surface area contributed by atoms with Gasteiger partial charge in [-0.25, -0.2) is 4.79 Å². The van der Waals surface area contributed by atoms with Gasteiger partial charge in [-0.05, 0) is 48.3 Å². The Labute approximate surface area is 121 Å². The quantitative estimate of drug-likeness (QED) is 0.900. The number of carboxylic acids is 1. The molecule has 2 atom stereocenters. The number of aromatic carboxylic acids is 1. The fourth-order valence-electron chi connectivity index (χ4n) is 3.34. The van der Waals surface area contributed by atoms with Crippen molar-refractivity contribution in [3.63, 3.8) is 0 Å².